The zero-order chi connectivity index (χ0) is 20.0. The van der Waals surface area contributed by atoms with Crippen molar-refractivity contribution in [1.82, 2.24) is 25.0 Å². The highest BCUT2D eigenvalue weighted by molar-refractivity contribution is 5.94. The van der Waals surface area contributed by atoms with E-state index in [4.69, 9.17) is 0 Å². The van der Waals surface area contributed by atoms with Gasteiger partial charge in [0.05, 0.1) is 5.69 Å². The largest absolute Gasteiger partial charge is 0.352 e. The first-order valence-corrected chi connectivity index (χ1v) is 10.7. The number of pyridine rings is 1. The van der Waals surface area contributed by atoms with Gasteiger partial charge in [-0.25, -0.2) is 0 Å². The van der Waals surface area contributed by atoms with E-state index in [0.717, 1.165) is 78.7 Å². The summed E-state index contributed by atoms with van der Waals surface area (Å²) in [6, 6.07) is 2.09. The van der Waals surface area contributed by atoms with Crippen LogP contribution < -0.4 is 5.32 Å². The van der Waals surface area contributed by atoms with Crippen molar-refractivity contribution in [2.24, 2.45) is 13.0 Å². The molecule has 0 aromatic carbocycles. The quantitative estimate of drug-likeness (QED) is 0.861. The van der Waals surface area contributed by atoms with Crippen LogP contribution in [0.4, 0.5) is 0 Å². The maximum absolute atomic E-state index is 13.3. The maximum Gasteiger partial charge on any atom is 0.272 e. The van der Waals surface area contributed by atoms with Crippen LogP contribution in [0.1, 0.15) is 64.2 Å². The summed E-state index contributed by atoms with van der Waals surface area (Å²) in [6.07, 6.45) is 8.81. The Bertz CT molecular complexity index is 976. The molecule has 0 radical (unpaired) electrons. The predicted molar refractivity (Wildman–Crippen MR) is 107 cm³/mol. The fourth-order valence-electron chi connectivity index (χ4n) is 4.52. The number of amides is 2. The Balaban J connectivity index is 1.32. The van der Waals surface area contributed by atoms with Crippen molar-refractivity contribution in [2.45, 2.75) is 58.0 Å². The van der Waals surface area contributed by atoms with Gasteiger partial charge in [-0.05, 0) is 55.7 Å². The first-order valence-electron chi connectivity index (χ1n) is 10.7. The summed E-state index contributed by atoms with van der Waals surface area (Å²) >= 11 is 0. The van der Waals surface area contributed by atoms with Gasteiger partial charge in [0.2, 0.25) is 5.91 Å². The minimum Gasteiger partial charge on any atom is -0.352 e. The van der Waals surface area contributed by atoms with Crippen molar-refractivity contribution in [2.75, 3.05) is 6.54 Å². The van der Waals surface area contributed by atoms with E-state index in [-0.39, 0.29) is 17.7 Å². The number of hydrogen-bond acceptors (Lipinski definition) is 4. The van der Waals surface area contributed by atoms with Crippen molar-refractivity contribution in [3.05, 3.63) is 46.0 Å². The topological polar surface area (TPSA) is 80.1 Å². The minimum absolute atomic E-state index is 0.0706. The monoisotopic (exact) mass is 393 g/mol. The Morgan fingerprint density at radius 2 is 2.00 bits per heavy atom. The zero-order valence-electron chi connectivity index (χ0n) is 16.9. The van der Waals surface area contributed by atoms with Gasteiger partial charge in [0.1, 0.15) is 5.69 Å². The van der Waals surface area contributed by atoms with Crippen LogP contribution in [0.5, 0.6) is 0 Å². The Morgan fingerprint density at radius 3 is 2.83 bits per heavy atom. The molecule has 0 bridgehead atoms. The normalized spacial score (nSPS) is 18.2. The van der Waals surface area contributed by atoms with Crippen LogP contribution in [0.15, 0.2) is 12.3 Å². The van der Waals surface area contributed by atoms with Crippen molar-refractivity contribution in [3.63, 3.8) is 0 Å². The van der Waals surface area contributed by atoms with Crippen LogP contribution in [0.3, 0.4) is 0 Å². The van der Waals surface area contributed by atoms with Gasteiger partial charge in [-0.1, -0.05) is 0 Å². The molecular formula is C22H27N5O2. The molecule has 0 atom stereocenters. The lowest BCUT2D eigenvalue weighted by molar-refractivity contribution is -0.122. The van der Waals surface area contributed by atoms with Crippen LogP contribution in [-0.4, -0.2) is 38.0 Å². The molecule has 2 amide bonds. The van der Waals surface area contributed by atoms with Crippen molar-refractivity contribution < 1.29 is 9.59 Å². The average molecular weight is 393 g/mol. The second kappa shape index (κ2) is 7.28. The van der Waals surface area contributed by atoms with Gasteiger partial charge in [0.15, 0.2) is 0 Å². The van der Waals surface area contributed by atoms with E-state index in [1.807, 2.05) is 18.1 Å². The standard InChI is InChI=1S/C22H27N5O2/c1-26-20(17-4-2-3-5-19(17)25-26)22(29)27-9-8-18-16(13-27)10-14(11-23-18)12-24-21(28)15-6-7-15/h10-11,15H,2-9,12-13H2,1H3,(H,24,28). The van der Waals surface area contributed by atoms with Gasteiger partial charge >= 0.3 is 0 Å². The lowest BCUT2D eigenvalue weighted by Crippen LogP contribution is -2.38. The van der Waals surface area contributed by atoms with Crippen LogP contribution in [0, 0.1) is 5.92 Å². The number of aryl methyl sites for hydroxylation is 2. The molecule has 7 nitrogen and oxygen atoms in total. The third-order valence-electron chi connectivity index (χ3n) is 6.32. The summed E-state index contributed by atoms with van der Waals surface area (Å²) in [5, 5.41) is 7.60. The third kappa shape index (κ3) is 3.54. The molecule has 3 aliphatic rings. The van der Waals surface area contributed by atoms with Gasteiger partial charge in [-0.3, -0.25) is 19.3 Å². The minimum atomic E-state index is 0.0706. The molecule has 1 N–H and O–H groups in total. The van der Waals surface area contributed by atoms with Gasteiger partial charge < -0.3 is 10.2 Å². The highest BCUT2D eigenvalue weighted by Gasteiger charge is 2.31. The molecular weight excluding hydrogens is 366 g/mol. The van der Waals surface area contributed by atoms with Crippen LogP contribution in [0.25, 0.3) is 0 Å². The number of carbonyl (C=O) groups is 2. The van der Waals surface area contributed by atoms with E-state index >= 15 is 0 Å². The maximum atomic E-state index is 13.3. The predicted octanol–water partition coefficient (Wildman–Crippen LogP) is 1.92. The molecule has 5 rings (SSSR count). The van der Waals surface area contributed by atoms with Crippen LogP contribution in [-0.2, 0) is 44.2 Å². The first kappa shape index (κ1) is 18.3. The summed E-state index contributed by atoms with van der Waals surface area (Å²) in [5.74, 6) is 0.417. The van der Waals surface area contributed by atoms with Gasteiger partial charge in [-0.2, -0.15) is 5.10 Å². The zero-order valence-corrected chi connectivity index (χ0v) is 16.9. The van der Waals surface area contributed by atoms with E-state index < -0.39 is 0 Å². The Kier molecular flexibility index (Phi) is 4.60. The molecule has 0 spiro atoms. The SMILES string of the molecule is Cn1nc2c(c1C(=O)N1CCc3ncc(CNC(=O)C4CC4)cc3C1)CCCC2. The van der Waals surface area contributed by atoms with E-state index in [1.165, 1.54) is 0 Å². The Labute approximate surface area is 170 Å². The highest BCUT2D eigenvalue weighted by atomic mass is 16.2. The molecule has 2 aromatic rings. The molecule has 0 saturated heterocycles. The number of nitrogens with zero attached hydrogens (tertiary/aromatic N) is 4. The molecule has 1 saturated carbocycles. The van der Waals surface area contributed by atoms with Crippen molar-refractivity contribution in [1.29, 1.82) is 0 Å². The molecule has 0 unspecified atom stereocenters. The van der Waals surface area contributed by atoms with Gasteiger partial charge in [0.25, 0.3) is 5.91 Å². The number of aromatic nitrogens is 3. The molecule has 29 heavy (non-hydrogen) atoms. The summed E-state index contributed by atoms with van der Waals surface area (Å²) < 4.78 is 1.77. The molecule has 152 valence electrons. The summed E-state index contributed by atoms with van der Waals surface area (Å²) in [5.41, 5.74) is 6.12. The number of fused-ring (bicyclic) bond motifs is 2. The molecule has 1 aliphatic heterocycles. The Morgan fingerprint density at radius 1 is 1.17 bits per heavy atom. The third-order valence-corrected chi connectivity index (χ3v) is 6.32. The molecule has 1 fully saturated rings. The van der Waals surface area contributed by atoms with Crippen molar-refractivity contribution >= 4 is 11.8 Å². The number of hydrogen-bond donors (Lipinski definition) is 1. The smallest absolute Gasteiger partial charge is 0.272 e. The molecule has 3 heterocycles. The van der Waals surface area contributed by atoms with E-state index in [0.29, 0.717) is 19.6 Å². The number of rotatable bonds is 4. The van der Waals surface area contributed by atoms with Crippen LogP contribution in [0.2, 0.25) is 0 Å². The molecule has 2 aliphatic carbocycles. The lowest BCUT2D eigenvalue weighted by Gasteiger charge is -2.29. The fraction of sp³-hybridized carbons (Fsp3) is 0.545. The molecule has 2 aromatic heterocycles. The average Bonchev–Trinajstić information content (AvgIpc) is 3.53. The number of carbonyl (C=O) groups excluding carboxylic acids is 2. The van der Waals surface area contributed by atoms with Crippen LogP contribution >= 0.6 is 0 Å². The van der Waals surface area contributed by atoms with Gasteiger partial charge in [-0.15, -0.1) is 0 Å². The fourth-order valence-corrected chi connectivity index (χ4v) is 4.52. The second-order valence-electron chi connectivity index (χ2n) is 8.52. The van der Waals surface area contributed by atoms with Crippen molar-refractivity contribution in [3.8, 4) is 0 Å². The first-order chi connectivity index (χ1) is 14.1. The highest BCUT2D eigenvalue weighted by Crippen LogP contribution is 2.29. The number of nitrogens with one attached hydrogen (secondary N) is 1. The van der Waals surface area contributed by atoms with Gasteiger partial charge in [0, 0.05) is 56.5 Å². The summed E-state index contributed by atoms with van der Waals surface area (Å²) in [6.45, 7) is 1.74. The molecule has 7 heteroatoms. The summed E-state index contributed by atoms with van der Waals surface area (Å²) in [7, 11) is 1.88. The second-order valence-corrected chi connectivity index (χ2v) is 8.52. The summed E-state index contributed by atoms with van der Waals surface area (Å²) in [4.78, 5) is 31.7. The van der Waals surface area contributed by atoms with E-state index in [9.17, 15) is 9.59 Å². The van der Waals surface area contributed by atoms with E-state index in [2.05, 4.69) is 21.5 Å². The Hall–Kier alpha value is -2.70. The lowest BCUT2D eigenvalue weighted by atomic mass is 9.95. The van der Waals surface area contributed by atoms with E-state index in [1.54, 1.807) is 4.68 Å².